The summed E-state index contributed by atoms with van der Waals surface area (Å²) in [7, 11) is 0. The van der Waals surface area contributed by atoms with Gasteiger partial charge in [0.25, 0.3) is 0 Å². The molecule has 2 nitrogen and oxygen atoms in total. The van der Waals surface area contributed by atoms with E-state index in [1.54, 1.807) is 0 Å². The van der Waals surface area contributed by atoms with Crippen LogP contribution in [-0.2, 0) is 20.1 Å². The maximum Gasteiger partial charge on any atom is 0.0340 e. The number of nitrogens with zero attached hydrogens (tertiary/aromatic N) is 2. The summed E-state index contributed by atoms with van der Waals surface area (Å²) in [6, 6.07) is 4.30. The molecule has 1 radical (unpaired) electrons. The summed E-state index contributed by atoms with van der Waals surface area (Å²) in [5.74, 6) is 0.442. The van der Waals surface area contributed by atoms with Crippen LogP contribution < -0.4 is 0 Å². The first-order chi connectivity index (χ1) is 6.86. The quantitative estimate of drug-likeness (QED) is 0.685. The average Bonchev–Trinajstić information content (AvgIpc) is 2.61. The van der Waals surface area contributed by atoms with Gasteiger partial charge in [-0.15, -0.1) is 0 Å². The Kier molecular flexibility index (Phi) is 2.76. The minimum atomic E-state index is 0. The molecule has 0 saturated heterocycles. The van der Waals surface area contributed by atoms with Crippen molar-refractivity contribution < 1.29 is 20.1 Å². The van der Waals surface area contributed by atoms with E-state index in [1.165, 1.54) is 11.1 Å². The number of hydrogen-bond acceptors (Lipinski definition) is 1. The van der Waals surface area contributed by atoms with Gasteiger partial charge in [0.15, 0.2) is 0 Å². The molecule has 2 unspecified atom stereocenters. The minimum absolute atomic E-state index is 0. The standard InChI is InChI=1S/C12H11N2.Ir/c1-8-7-14-12-10(8)5-4-9-3-2-6-13-11(9)12;/h2-7,10,12H,1H3;/q-1;. The van der Waals surface area contributed by atoms with Crippen LogP contribution in [-0.4, -0.2) is 4.98 Å². The van der Waals surface area contributed by atoms with Gasteiger partial charge in [-0.3, -0.25) is 4.98 Å². The van der Waals surface area contributed by atoms with Crippen molar-refractivity contribution in [1.29, 1.82) is 0 Å². The second kappa shape index (κ2) is 3.91. The summed E-state index contributed by atoms with van der Waals surface area (Å²) >= 11 is 0. The number of aromatic nitrogens is 1. The fraction of sp³-hybridized carbons (Fsp3) is 0.250. The summed E-state index contributed by atoms with van der Waals surface area (Å²) in [6.45, 7) is 2.13. The molecule has 0 aromatic carbocycles. The Morgan fingerprint density at radius 3 is 3.13 bits per heavy atom. The van der Waals surface area contributed by atoms with Crippen LogP contribution in [0.1, 0.15) is 24.2 Å². The third-order valence-electron chi connectivity index (χ3n) is 2.94. The summed E-state index contributed by atoms with van der Waals surface area (Å²) in [4.78, 5) is 4.42. The normalized spacial score (nSPS) is 25.8. The van der Waals surface area contributed by atoms with E-state index < -0.39 is 0 Å². The van der Waals surface area contributed by atoms with Crippen LogP contribution in [0.4, 0.5) is 0 Å². The van der Waals surface area contributed by atoms with E-state index in [4.69, 9.17) is 0 Å². The van der Waals surface area contributed by atoms with E-state index in [-0.39, 0.29) is 26.1 Å². The Bertz CT molecular complexity index is 437. The monoisotopic (exact) mass is 376 g/mol. The number of fused-ring (bicyclic) bond motifs is 3. The van der Waals surface area contributed by atoms with E-state index >= 15 is 0 Å². The smallest absolute Gasteiger partial charge is 0.0340 e. The molecule has 0 bridgehead atoms. The molecule has 79 valence electrons. The van der Waals surface area contributed by atoms with Gasteiger partial charge in [-0.05, 0) is 24.5 Å². The molecule has 2 heterocycles. The van der Waals surface area contributed by atoms with Crippen LogP contribution in [0.3, 0.4) is 0 Å². The summed E-state index contributed by atoms with van der Waals surface area (Å²) < 4.78 is 0. The first-order valence-corrected chi connectivity index (χ1v) is 4.86. The van der Waals surface area contributed by atoms with Gasteiger partial charge in [-0.25, -0.2) is 0 Å². The first kappa shape index (κ1) is 10.6. The van der Waals surface area contributed by atoms with Crippen LogP contribution >= 0.6 is 0 Å². The molecule has 1 aliphatic heterocycles. The zero-order chi connectivity index (χ0) is 9.54. The Labute approximate surface area is 103 Å². The Hall–Kier alpha value is -0.921. The molecule has 3 heteroatoms. The van der Waals surface area contributed by atoms with Crippen molar-refractivity contribution in [2.75, 3.05) is 0 Å². The molecular formula is C12H11IrN2-. The van der Waals surface area contributed by atoms with E-state index in [2.05, 4.69) is 35.4 Å². The molecule has 3 rings (SSSR count). The van der Waals surface area contributed by atoms with Gasteiger partial charge in [0.1, 0.15) is 0 Å². The van der Waals surface area contributed by atoms with Crippen LogP contribution in [0.15, 0.2) is 36.2 Å². The first-order valence-electron chi connectivity index (χ1n) is 4.86. The van der Waals surface area contributed by atoms with Gasteiger partial charge in [-0.2, -0.15) is 6.20 Å². The maximum atomic E-state index is 4.50. The summed E-state index contributed by atoms with van der Waals surface area (Å²) in [5, 5.41) is 4.50. The van der Waals surface area contributed by atoms with Gasteiger partial charge in [0, 0.05) is 32.0 Å². The Morgan fingerprint density at radius 1 is 1.40 bits per heavy atom. The molecular weight excluding hydrogens is 364 g/mol. The molecule has 1 aromatic heterocycles. The molecule has 1 aromatic rings. The fourth-order valence-electron chi connectivity index (χ4n) is 2.15. The van der Waals surface area contributed by atoms with Crippen molar-refractivity contribution in [3.05, 3.63) is 52.8 Å². The van der Waals surface area contributed by atoms with Crippen molar-refractivity contribution >= 4 is 6.08 Å². The molecule has 2 atom stereocenters. The zero-order valence-corrected chi connectivity index (χ0v) is 10.7. The topological polar surface area (TPSA) is 27.0 Å². The van der Waals surface area contributed by atoms with Crippen LogP contribution in [0.25, 0.3) is 11.4 Å². The number of hydrogen-bond donors (Lipinski definition) is 0. The van der Waals surface area contributed by atoms with Crippen molar-refractivity contribution in [1.82, 2.24) is 4.98 Å². The molecule has 15 heavy (non-hydrogen) atoms. The van der Waals surface area contributed by atoms with Gasteiger partial charge in [0.05, 0.1) is 0 Å². The molecule has 0 saturated carbocycles. The number of pyridine rings is 1. The van der Waals surface area contributed by atoms with Gasteiger partial charge in [0.2, 0.25) is 0 Å². The third-order valence-corrected chi connectivity index (χ3v) is 2.94. The molecule has 0 fully saturated rings. The summed E-state index contributed by atoms with van der Waals surface area (Å²) in [6.07, 6.45) is 8.21. The second-order valence-corrected chi connectivity index (χ2v) is 3.83. The largest absolute Gasteiger partial charge is 0.682 e. The molecule has 2 aliphatic rings. The van der Waals surface area contributed by atoms with Crippen molar-refractivity contribution in [3.8, 4) is 0 Å². The predicted octanol–water partition coefficient (Wildman–Crippen LogP) is 3.05. The molecule has 0 amide bonds. The van der Waals surface area contributed by atoms with Crippen LogP contribution in [0.5, 0.6) is 0 Å². The Morgan fingerprint density at radius 2 is 2.27 bits per heavy atom. The van der Waals surface area contributed by atoms with E-state index in [1.807, 2.05) is 18.5 Å². The SMILES string of the molecule is CC1=C[N-]C2c3ncccc3C=CC12.[Ir]. The Balaban J connectivity index is 0.000000853. The second-order valence-electron chi connectivity index (χ2n) is 3.83. The van der Waals surface area contributed by atoms with Crippen molar-refractivity contribution in [3.63, 3.8) is 0 Å². The van der Waals surface area contributed by atoms with E-state index in [0.29, 0.717) is 5.92 Å². The number of rotatable bonds is 0. The molecule has 0 spiro atoms. The van der Waals surface area contributed by atoms with E-state index in [9.17, 15) is 0 Å². The van der Waals surface area contributed by atoms with Crippen LogP contribution in [0.2, 0.25) is 0 Å². The predicted molar refractivity (Wildman–Crippen MR) is 56.6 cm³/mol. The molecule has 1 aliphatic carbocycles. The molecule has 0 N–H and O–H groups in total. The van der Waals surface area contributed by atoms with Gasteiger partial charge >= 0.3 is 0 Å². The van der Waals surface area contributed by atoms with Crippen molar-refractivity contribution in [2.45, 2.75) is 13.0 Å². The summed E-state index contributed by atoms with van der Waals surface area (Å²) in [5.41, 5.74) is 3.66. The van der Waals surface area contributed by atoms with Gasteiger partial charge in [-0.1, -0.05) is 29.8 Å². The zero-order valence-electron chi connectivity index (χ0n) is 8.35. The maximum absolute atomic E-state index is 4.50. The van der Waals surface area contributed by atoms with E-state index in [0.717, 1.165) is 5.69 Å². The van der Waals surface area contributed by atoms with Gasteiger partial charge < -0.3 is 5.32 Å². The minimum Gasteiger partial charge on any atom is -0.682 e. The van der Waals surface area contributed by atoms with Crippen molar-refractivity contribution in [2.24, 2.45) is 5.92 Å². The van der Waals surface area contributed by atoms with Crippen LogP contribution in [0, 0.1) is 5.92 Å². The third kappa shape index (κ3) is 1.56. The fourth-order valence-corrected chi connectivity index (χ4v) is 2.15. The average molecular weight is 375 g/mol.